The summed E-state index contributed by atoms with van der Waals surface area (Å²) in [6.45, 7) is 11.9. The number of hydrogen-bond acceptors (Lipinski definition) is 2. The van der Waals surface area contributed by atoms with Crippen molar-refractivity contribution in [2.24, 2.45) is 5.92 Å². The predicted octanol–water partition coefficient (Wildman–Crippen LogP) is 4.04. The fraction of sp³-hybridized carbons (Fsp3) is 0.450. The smallest absolute Gasteiger partial charge is 0.125 e. The van der Waals surface area contributed by atoms with Crippen LogP contribution in [0.2, 0.25) is 0 Å². The molecule has 2 heterocycles. The summed E-state index contributed by atoms with van der Waals surface area (Å²) in [5, 5.41) is 9.20. The molecule has 0 aliphatic heterocycles. The highest BCUT2D eigenvalue weighted by molar-refractivity contribution is 5.84. The van der Waals surface area contributed by atoms with Gasteiger partial charge < -0.3 is 9.88 Å². The first-order valence-electron chi connectivity index (χ1n) is 8.97. The average molecular weight is 342 g/mol. The van der Waals surface area contributed by atoms with Crippen molar-refractivity contribution in [3.8, 4) is 0 Å². The van der Waals surface area contributed by atoms with E-state index in [0.717, 1.165) is 42.8 Å². The molecule has 0 bridgehead atoms. The van der Waals surface area contributed by atoms with Crippen molar-refractivity contribution in [2.45, 2.75) is 47.3 Å². The van der Waals surface area contributed by atoms with Gasteiger partial charge in [-0.25, -0.2) is 4.39 Å². The van der Waals surface area contributed by atoms with E-state index in [0.29, 0.717) is 5.92 Å². The molecule has 134 valence electrons. The zero-order chi connectivity index (χ0) is 18.0. The first-order chi connectivity index (χ1) is 12.0. The van der Waals surface area contributed by atoms with Gasteiger partial charge >= 0.3 is 0 Å². The highest BCUT2D eigenvalue weighted by Crippen LogP contribution is 2.22. The Kier molecular flexibility index (Phi) is 5.23. The summed E-state index contributed by atoms with van der Waals surface area (Å²) in [5.41, 5.74) is 4.46. The van der Waals surface area contributed by atoms with Crippen molar-refractivity contribution in [1.82, 2.24) is 19.7 Å². The highest BCUT2D eigenvalue weighted by atomic mass is 19.1. The lowest BCUT2D eigenvalue weighted by Crippen LogP contribution is -2.24. The molecule has 0 spiro atoms. The number of hydrogen-bond donors (Lipinski definition) is 1. The van der Waals surface area contributed by atoms with Crippen molar-refractivity contribution < 1.29 is 4.39 Å². The number of aromatic nitrogens is 3. The summed E-state index contributed by atoms with van der Waals surface area (Å²) in [6.07, 6.45) is 2.13. The van der Waals surface area contributed by atoms with Crippen LogP contribution in [-0.4, -0.2) is 20.9 Å². The lowest BCUT2D eigenvalue weighted by Gasteiger charge is -2.14. The maximum absolute atomic E-state index is 13.5. The van der Waals surface area contributed by atoms with Gasteiger partial charge in [-0.3, -0.25) is 4.68 Å². The van der Waals surface area contributed by atoms with E-state index in [1.807, 2.05) is 13.0 Å². The molecule has 0 amide bonds. The SMILES string of the molecule is CCn1cc(CNCC(C)Cn2nc(C)cc2C)c2ccc(F)cc21. The summed E-state index contributed by atoms with van der Waals surface area (Å²) in [4.78, 5) is 0. The second-order valence-electron chi connectivity index (χ2n) is 6.95. The van der Waals surface area contributed by atoms with Crippen LogP contribution < -0.4 is 5.32 Å². The molecule has 0 aliphatic rings. The number of benzene rings is 1. The normalized spacial score (nSPS) is 12.8. The largest absolute Gasteiger partial charge is 0.347 e. The molecular weight excluding hydrogens is 315 g/mol. The van der Waals surface area contributed by atoms with Gasteiger partial charge in [-0.2, -0.15) is 5.10 Å². The van der Waals surface area contributed by atoms with Crippen LogP contribution in [0.15, 0.2) is 30.5 Å². The molecule has 4 nitrogen and oxygen atoms in total. The second kappa shape index (κ2) is 7.40. The summed E-state index contributed by atoms with van der Waals surface area (Å²) in [5.74, 6) is 0.299. The van der Waals surface area contributed by atoms with Gasteiger partial charge in [0.05, 0.1) is 11.2 Å². The quantitative estimate of drug-likeness (QED) is 0.703. The zero-order valence-corrected chi connectivity index (χ0v) is 15.5. The molecule has 1 aromatic carbocycles. The Balaban J connectivity index is 1.62. The molecule has 3 rings (SSSR count). The molecule has 1 atom stereocenters. The Hall–Kier alpha value is -2.14. The minimum absolute atomic E-state index is 0.182. The fourth-order valence-electron chi connectivity index (χ4n) is 3.42. The van der Waals surface area contributed by atoms with E-state index >= 15 is 0 Å². The molecule has 0 aliphatic carbocycles. The zero-order valence-electron chi connectivity index (χ0n) is 15.5. The van der Waals surface area contributed by atoms with Gasteiger partial charge in [-0.05, 0) is 63.1 Å². The standard InChI is InChI=1S/C20H27FN4/c1-5-24-13-17(19-7-6-18(21)9-20(19)24)11-22-10-14(2)12-25-16(4)8-15(3)23-25/h6-9,13-14,22H,5,10-12H2,1-4H3. The average Bonchev–Trinajstić information content (AvgIpc) is 3.06. The van der Waals surface area contributed by atoms with E-state index in [1.165, 1.54) is 17.3 Å². The lowest BCUT2D eigenvalue weighted by molar-refractivity contribution is 0.416. The Labute approximate surface area is 148 Å². The molecule has 0 saturated carbocycles. The summed E-state index contributed by atoms with van der Waals surface area (Å²) in [6, 6.07) is 7.15. The van der Waals surface area contributed by atoms with E-state index in [4.69, 9.17) is 0 Å². The first kappa shape index (κ1) is 17.7. The van der Waals surface area contributed by atoms with Crippen LogP contribution in [0.3, 0.4) is 0 Å². The molecule has 1 N–H and O–H groups in total. The van der Waals surface area contributed by atoms with Crippen LogP contribution in [0, 0.1) is 25.6 Å². The number of halogens is 1. The van der Waals surface area contributed by atoms with Crippen molar-refractivity contribution in [3.63, 3.8) is 0 Å². The van der Waals surface area contributed by atoms with Crippen molar-refractivity contribution in [3.05, 3.63) is 53.2 Å². The van der Waals surface area contributed by atoms with Gasteiger partial charge in [-0.1, -0.05) is 6.92 Å². The van der Waals surface area contributed by atoms with Gasteiger partial charge in [-0.15, -0.1) is 0 Å². The molecule has 25 heavy (non-hydrogen) atoms. The van der Waals surface area contributed by atoms with Crippen molar-refractivity contribution in [2.75, 3.05) is 6.54 Å². The molecule has 0 saturated heterocycles. The molecule has 1 unspecified atom stereocenters. The number of aryl methyl sites for hydroxylation is 3. The molecular formula is C20H27FN4. The van der Waals surface area contributed by atoms with Crippen LogP contribution in [0.4, 0.5) is 4.39 Å². The Morgan fingerprint density at radius 1 is 1.24 bits per heavy atom. The maximum atomic E-state index is 13.5. The number of nitrogens with zero attached hydrogens (tertiary/aromatic N) is 3. The van der Waals surface area contributed by atoms with Crippen LogP contribution in [0.25, 0.3) is 10.9 Å². The Morgan fingerprint density at radius 2 is 2.04 bits per heavy atom. The summed E-state index contributed by atoms with van der Waals surface area (Å²) >= 11 is 0. The van der Waals surface area contributed by atoms with E-state index in [9.17, 15) is 4.39 Å². The third-order valence-corrected chi connectivity index (χ3v) is 4.66. The Bertz CT molecular complexity index is 862. The third-order valence-electron chi connectivity index (χ3n) is 4.66. The number of rotatable bonds is 7. The van der Waals surface area contributed by atoms with Gasteiger partial charge in [0, 0.05) is 36.9 Å². The van der Waals surface area contributed by atoms with Gasteiger partial charge in [0.1, 0.15) is 5.82 Å². The van der Waals surface area contributed by atoms with E-state index in [2.05, 4.69) is 52.7 Å². The molecule has 0 radical (unpaired) electrons. The van der Waals surface area contributed by atoms with Crippen LogP contribution in [-0.2, 0) is 19.6 Å². The Morgan fingerprint density at radius 3 is 2.72 bits per heavy atom. The number of nitrogens with one attached hydrogen (secondary N) is 1. The van der Waals surface area contributed by atoms with E-state index in [-0.39, 0.29) is 5.82 Å². The minimum atomic E-state index is -0.182. The summed E-state index contributed by atoms with van der Waals surface area (Å²) < 4.78 is 17.7. The van der Waals surface area contributed by atoms with Gasteiger partial charge in [0.2, 0.25) is 0 Å². The van der Waals surface area contributed by atoms with Crippen molar-refractivity contribution >= 4 is 10.9 Å². The highest BCUT2D eigenvalue weighted by Gasteiger charge is 2.10. The molecule has 2 aromatic heterocycles. The van der Waals surface area contributed by atoms with Crippen LogP contribution in [0.1, 0.15) is 30.8 Å². The topological polar surface area (TPSA) is 34.8 Å². The van der Waals surface area contributed by atoms with E-state index in [1.54, 1.807) is 6.07 Å². The molecule has 3 aromatic rings. The minimum Gasteiger partial charge on any atom is -0.347 e. The van der Waals surface area contributed by atoms with Crippen LogP contribution in [0.5, 0.6) is 0 Å². The van der Waals surface area contributed by atoms with Gasteiger partial charge in [0.25, 0.3) is 0 Å². The second-order valence-corrected chi connectivity index (χ2v) is 6.95. The lowest BCUT2D eigenvalue weighted by atomic mass is 10.1. The monoisotopic (exact) mass is 342 g/mol. The number of fused-ring (bicyclic) bond motifs is 1. The molecule has 0 fully saturated rings. The van der Waals surface area contributed by atoms with E-state index < -0.39 is 0 Å². The first-order valence-corrected chi connectivity index (χ1v) is 8.97. The van der Waals surface area contributed by atoms with Gasteiger partial charge in [0.15, 0.2) is 0 Å². The van der Waals surface area contributed by atoms with Crippen molar-refractivity contribution in [1.29, 1.82) is 0 Å². The van der Waals surface area contributed by atoms with Crippen LogP contribution >= 0.6 is 0 Å². The fourth-order valence-corrected chi connectivity index (χ4v) is 3.42. The summed E-state index contributed by atoms with van der Waals surface area (Å²) in [7, 11) is 0. The maximum Gasteiger partial charge on any atom is 0.125 e. The third kappa shape index (κ3) is 3.93. The molecule has 5 heteroatoms. The predicted molar refractivity (Wildman–Crippen MR) is 100 cm³/mol.